The summed E-state index contributed by atoms with van der Waals surface area (Å²) in [4.78, 5) is 36.6. The van der Waals surface area contributed by atoms with E-state index in [1.807, 2.05) is 0 Å². The summed E-state index contributed by atoms with van der Waals surface area (Å²) in [6.45, 7) is 0. The van der Waals surface area contributed by atoms with Crippen molar-refractivity contribution in [3.05, 3.63) is 28.3 Å². The minimum Gasteiger partial charge on any atom is -0.365 e. The predicted molar refractivity (Wildman–Crippen MR) is 84.8 cm³/mol. The Morgan fingerprint density at radius 3 is 2.42 bits per heavy atom. The van der Waals surface area contributed by atoms with Crippen LogP contribution in [0, 0.1) is 5.92 Å². The summed E-state index contributed by atoms with van der Waals surface area (Å²) in [7, 11) is -2.37. The predicted octanol–water partition coefficient (Wildman–Crippen LogP) is 1.76. The average molecular weight is 371 g/mol. The molecule has 6 nitrogen and oxygen atoms in total. The molecule has 1 aromatic rings. The maximum absolute atomic E-state index is 12.6. The standard InChI is InChI=1S/C16H15ClO6S/c1-23-13-7-9-12(24(13,21)22)6-5-8(15(9)17)16(20)14-10(18)3-2-4-11(14)19/h5-6,13-14H,2-4,7H2,1H3. The number of carbonyl (C=O) groups is 3. The van der Waals surface area contributed by atoms with Gasteiger partial charge in [0.2, 0.25) is 9.84 Å². The molecule has 0 N–H and O–H groups in total. The molecule has 1 atom stereocenters. The van der Waals surface area contributed by atoms with E-state index >= 15 is 0 Å². The molecule has 0 saturated heterocycles. The van der Waals surface area contributed by atoms with Crippen LogP contribution >= 0.6 is 11.6 Å². The van der Waals surface area contributed by atoms with Gasteiger partial charge in [0.25, 0.3) is 0 Å². The van der Waals surface area contributed by atoms with Crippen molar-refractivity contribution in [3.63, 3.8) is 0 Å². The molecule has 24 heavy (non-hydrogen) atoms. The van der Waals surface area contributed by atoms with Gasteiger partial charge in [-0.3, -0.25) is 14.4 Å². The highest BCUT2D eigenvalue weighted by atomic mass is 35.5. The Bertz CT molecular complexity index is 842. The van der Waals surface area contributed by atoms with Gasteiger partial charge < -0.3 is 4.74 Å². The molecule has 1 aliphatic carbocycles. The summed E-state index contributed by atoms with van der Waals surface area (Å²) in [5.41, 5.74) is -0.741. The molecule has 0 aromatic heterocycles. The number of methoxy groups -OCH3 is 1. The lowest BCUT2D eigenvalue weighted by Crippen LogP contribution is -2.35. The molecule has 0 amide bonds. The molecule has 0 radical (unpaired) electrons. The Labute approximate surface area is 144 Å². The molecule has 1 heterocycles. The number of ketones is 3. The fourth-order valence-electron chi connectivity index (χ4n) is 3.23. The van der Waals surface area contributed by atoms with Gasteiger partial charge in [-0.05, 0) is 24.1 Å². The van der Waals surface area contributed by atoms with Crippen LogP contribution in [0.1, 0.15) is 35.2 Å². The lowest BCUT2D eigenvalue weighted by Gasteiger charge is -2.19. The highest BCUT2D eigenvalue weighted by Gasteiger charge is 2.42. The molecule has 2 aliphatic rings. The highest BCUT2D eigenvalue weighted by molar-refractivity contribution is 7.92. The summed E-state index contributed by atoms with van der Waals surface area (Å²) >= 11 is 6.25. The van der Waals surface area contributed by atoms with E-state index in [0.717, 1.165) is 0 Å². The van der Waals surface area contributed by atoms with Crippen LogP contribution in [0.2, 0.25) is 5.02 Å². The van der Waals surface area contributed by atoms with E-state index in [-0.39, 0.29) is 34.7 Å². The van der Waals surface area contributed by atoms with Gasteiger partial charge in [0, 0.05) is 31.9 Å². The van der Waals surface area contributed by atoms with Crippen LogP contribution in [-0.2, 0) is 30.6 Å². The van der Waals surface area contributed by atoms with Crippen molar-refractivity contribution in [2.75, 3.05) is 7.11 Å². The Morgan fingerprint density at radius 1 is 1.21 bits per heavy atom. The topological polar surface area (TPSA) is 94.6 Å². The van der Waals surface area contributed by atoms with Crippen molar-refractivity contribution in [3.8, 4) is 0 Å². The Hall–Kier alpha value is -1.57. The summed E-state index contributed by atoms with van der Waals surface area (Å²) in [5.74, 6) is -2.80. The third kappa shape index (κ3) is 2.51. The maximum Gasteiger partial charge on any atom is 0.205 e. The zero-order chi connectivity index (χ0) is 17.6. The normalized spacial score (nSPS) is 23.3. The van der Waals surface area contributed by atoms with E-state index in [1.165, 1.54) is 19.2 Å². The number of hydrogen-bond acceptors (Lipinski definition) is 6. The summed E-state index contributed by atoms with van der Waals surface area (Å²) in [5, 5.41) is -0.0215. The van der Waals surface area contributed by atoms with Crippen molar-refractivity contribution in [2.24, 2.45) is 5.92 Å². The number of carbonyl (C=O) groups excluding carboxylic acids is 3. The molecule has 1 saturated carbocycles. The van der Waals surface area contributed by atoms with Crippen LogP contribution < -0.4 is 0 Å². The second-order valence-corrected chi connectivity index (χ2v) is 8.34. The van der Waals surface area contributed by atoms with Crippen LogP contribution in [0.25, 0.3) is 0 Å². The first-order valence-corrected chi connectivity index (χ1v) is 9.39. The molecule has 1 unspecified atom stereocenters. The van der Waals surface area contributed by atoms with Crippen LogP contribution in [-0.4, -0.2) is 38.3 Å². The van der Waals surface area contributed by atoms with Gasteiger partial charge in [-0.2, -0.15) is 0 Å². The number of fused-ring (bicyclic) bond motifs is 1. The van der Waals surface area contributed by atoms with Gasteiger partial charge in [-0.15, -0.1) is 0 Å². The SMILES string of the molecule is COC1Cc2c(ccc(C(=O)C3C(=O)CCCC3=O)c2Cl)S1(=O)=O. The van der Waals surface area contributed by atoms with Gasteiger partial charge in [-0.25, -0.2) is 8.42 Å². The Morgan fingerprint density at radius 2 is 1.83 bits per heavy atom. The minimum absolute atomic E-state index is 0.0102. The van der Waals surface area contributed by atoms with Crippen LogP contribution in [0.4, 0.5) is 0 Å². The second kappa shape index (κ2) is 6.06. The Kier molecular flexibility index (Phi) is 4.36. The van der Waals surface area contributed by atoms with Crippen LogP contribution in [0.5, 0.6) is 0 Å². The Balaban J connectivity index is 2.05. The third-order valence-corrected chi connectivity index (χ3v) is 6.98. The van der Waals surface area contributed by atoms with E-state index in [9.17, 15) is 22.8 Å². The van der Waals surface area contributed by atoms with Crippen molar-refractivity contribution < 1.29 is 27.5 Å². The first kappa shape index (κ1) is 17.3. The second-order valence-electron chi connectivity index (χ2n) is 5.90. The smallest absolute Gasteiger partial charge is 0.205 e. The quantitative estimate of drug-likeness (QED) is 0.594. The molecule has 0 spiro atoms. The summed E-state index contributed by atoms with van der Waals surface area (Å²) in [6, 6.07) is 2.56. The van der Waals surface area contributed by atoms with Gasteiger partial charge in [-0.1, -0.05) is 11.6 Å². The number of benzene rings is 1. The van der Waals surface area contributed by atoms with Crippen molar-refractivity contribution in [1.82, 2.24) is 0 Å². The highest BCUT2D eigenvalue weighted by Crippen LogP contribution is 2.39. The average Bonchev–Trinajstić information content (AvgIpc) is 2.79. The molecule has 0 bridgehead atoms. The van der Waals surface area contributed by atoms with E-state index in [2.05, 4.69) is 0 Å². The molecule has 3 rings (SSSR count). The largest absolute Gasteiger partial charge is 0.365 e. The number of sulfone groups is 1. The molecule has 128 valence electrons. The van der Waals surface area contributed by atoms with Gasteiger partial charge in [0.15, 0.2) is 22.8 Å². The van der Waals surface area contributed by atoms with E-state index in [4.69, 9.17) is 16.3 Å². The fraction of sp³-hybridized carbons (Fsp3) is 0.438. The minimum atomic E-state index is -3.66. The molecular formula is C16H15ClO6S. The number of rotatable bonds is 3. The van der Waals surface area contributed by atoms with Gasteiger partial charge in [0.05, 0.1) is 9.92 Å². The zero-order valence-electron chi connectivity index (χ0n) is 12.9. The molecule has 1 aliphatic heterocycles. The van der Waals surface area contributed by atoms with Crippen molar-refractivity contribution in [1.29, 1.82) is 0 Å². The third-order valence-electron chi connectivity index (χ3n) is 4.50. The molecular weight excluding hydrogens is 356 g/mol. The lowest BCUT2D eigenvalue weighted by atomic mass is 9.81. The fourth-order valence-corrected chi connectivity index (χ4v) is 5.33. The molecule has 8 heteroatoms. The zero-order valence-corrected chi connectivity index (χ0v) is 14.4. The monoisotopic (exact) mass is 370 g/mol. The number of Topliss-reactive ketones (excluding diaryl/α,β-unsaturated/α-hetero) is 3. The van der Waals surface area contributed by atoms with E-state index < -0.39 is 38.5 Å². The number of ether oxygens (including phenoxy) is 1. The van der Waals surface area contributed by atoms with E-state index in [1.54, 1.807) is 0 Å². The van der Waals surface area contributed by atoms with Crippen LogP contribution in [0.3, 0.4) is 0 Å². The van der Waals surface area contributed by atoms with Crippen molar-refractivity contribution >= 4 is 38.8 Å². The lowest BCUT2D eigenvalue weighted by molar-refractivity contribution is -0.133. The maximum atomic E-state index is 12.6. The van der Waals surface area contributed by atoms with Gasteiger partial charge in [0.1, 0.15) is 5.92 Å². The first-order chi connectivity index (χ1) is 11.3. The number of hydrogen-bond donors (Lipinski definition) is 0. The summed E-state index contributed by atoms with van der Waals surface area (Å²) < 4.78 is 29.5. The molecule has 1 aromatic carbocycles. The summed E-state index contributed by atoms with van der Waals surface area (Å²) in [6.07, 6.45) is 0.851. The first-order valence-electron chi connectivity index (χ1n) is 7.46. The molecule has 1 fully saturated rings. The van der Waals surface area contributed by atoms with E-state index in [0.29, 0.717) is 12.0 Å². The van der Waals surface area contributed by atoms with Crippen LogP contribution in [0.15, 0.2) is 17.0 Å². The van der Waals surface area contributed by atoms with Crippen molar-refractivity contribution in [2.45, 2.75) is 36.0 Å². The number of halogens is 1. The van der Waals surface area contributed by atoms with Gasteiger partial charge >= 0.3 is 0 Å².